The van der Waals surface area contributed by atoms with Crippen molar-refractivity contribution in [2.24, 2.45) is 0 Å². The zero-order chi connectivity index (χ0) is 14.2. The maximum absolute atomic E-state index is 4.92. The van der Waals surface area contributed by atoms with Crippen LogP contribution in [0.15, 0.2) is 36.5 Å². The number of fused-ring (bicyclic) bond motifs is 2. The van der Waals surface area contributed by atoms with Crippen molar-refractivity contribution in [1.29, 1.82) is 0 Å². The zero-order valence-corrected chi connectivity index (χ0v) is 12.8. The highest BCUT2D eigenvalue weighted by molar-refractivity contribution is 7.15. The molecular formula is C17H17N3S. The molecule has 0 aliphatic heterocycles. The molecule has 0 bridgehead atoms. The molecule has 1 atom stereocenters. The minimum absolute atomic E-state index is 0.397. The summed E-state index contributed by atoms with van der Waals surface area (Å²) >= 11 is 1.81. The van der Waals surface area contributed by atoms with Crippen LogP contribution in [-0.2, 0) is 6.42 Å². The normalized spacial score (nSPS) is 17.9. The first-order chi connectivity index (χ1) is 10.4. The molecule has 3 aromatic rings. The monoisotopic (exact) mass is 295 g/mol. The van der Waals surface area contributed by atoms with Gasteiger partial charge in [0.2, 0.25) is 0 Å². The van der Waals surface area contributed by atoms with E-state index < -0.39 is 0 Å². The van der Waals surface area contributed by atoms with Crippen LogP contribution in [0.5, 0.6) is 0 Å². The molecule has 1 aliphatic rings. The molecule has 0 fully saturated rings. The largest absolute Gasteiger partial charge is 0.312 e. The molecule has 0 saturated carbocycles. The van der Waals surface area contributed by atoms with Crippen LogP contribution in [0.2, 0.25) is 0 Å². The van der Waals surface area contributed by atoms with Gasteiger partial charge in [-0.3, -0.25) is 4.98 Å². The highest BCUT2D eigenvalue weighted by Gasteiger charge is 2.24. The second-order valence-corrected chi connectivity index (χ2v) is 6.53. The Labute approximate surface area is 128 Å². The van der Waals surface area contributed by atoms with Gasteiger partial charge in [-0.1, -0.05) is 24.3 Å². The Morgan fingerprint density at radius 1 is 1.24 bits per heavy atom. The molecule has 1 aliphatic carbocycles. The number of nitrogens with one attached hydrogen (secondary N) is 1. The van der Waals surface area contributed by atoms with Crippen LogP contribution in [0.25, 0.3) is 21.5 Å². The van der Waals surface area contributed by atoms with Crippen LogP contribution in [0.3, 0.4) is 0 Å². The van der Waals surface area contributed by atoms with Crippen molar-refractivity contribution in [1.82, 2.24) is 15.3 Å². The first-order valence-electron chi connectivity index (χ1n) is 7.38. The van der Waals surface area contributed by atoms with Gasteiger partial charge in [0.1, 0.15) is 10.7 Å². The summed E-state index contributed by atoms with van der Waals surface area (Å²) in [6, 6.07) is 10.8. The van der Waals surface area contributed by atoms with Crippen LogP contribution < -0.4 is 5.32 Å². The number of hydrogen-bond donors (Lipinski definition) is 1. The van der Waals surface area contributed by atoms with E-state index in [9.17, 15) is 0 Å². The van der Waals surface area contributed by atoms with E-state index in [4.69, 9.17) is 4.98 Å². The molecule has 1 N–H and O–H groups in total. The zero-order valence-electron chi connectivity index (χ0n) is 12.0. The number of nitrogens with zero attached hydrogens (tertiary/aromatic N) is 2. The number of hydrogen-bond acceptors (Lipinski definition) is 4. The summed E-state index contributed by atoms with van der Waals surface area (Å²) in [5.74, 6) is 0. The van der Waals surface area contributed by atoms with E-state index in [1.54, 1.807) is 0 Å². The third kappa shape index (κ3) is 2.15. The third-order valence-electron chi connectivity index (χ3n) is 4.18. The van der Waals surface area contributed by atoms with Crippen LogP contribution in [0.1, 0.15) is 29.5 Å². The summed E-state index contributed by atoms with van der Waals surface area (Å²) in [5.41, 5.74) is 2.25. The number of aryl methyl sites for hydroxylation is 1. The van der Waals surface area contributed by atoms with Gasteiger partial charge in [-0.25, -0.2) is 4.98 Å². The van der Waals surface area contributed by atoms with Crippen LogP contribution in [-0.4, -0.2) is 17.0 Å². The van der Waals surface area contributed by atoms with Gasteiger partial charge in [0.05, 0.1) is 11.7 Å². The Bertz CT molecular complexity index is 788. The predicted octanol–water partition coefficient (Wildman–Crippen LogP) is 3.96. The van der Waals surface area contributed by atoms with Crippen molar-refractivity contribution in [3.63, 3.8) is 0 Å². The summed E-state index contributed by atoms with van der Waals surface area (Å²) < 4.78 is 0. The van der Waals surface area contributed by atoms with E-state index in [2.05, 4.69) is 40.6 Å². The van der Waals surface area contributed by atoms with Crippen molar-refractivity contribution in [2.75, 3.05) is 7.05 Å². The molecule has 21 heavy (non-hydrogen) atoms. The minimum atomic E-state index is 0.397. The summed E-state index contributed by atoms with van der Waals surface area (Å²) in [7, 11) is 2.02. The minimum Gasteiger partial charge on any atom is -0.312 e. The lowest BCUT2D eigenvalue weighted by atomic mass is 9.98. The highest BCUT2D eigenvalue weighted by atomic mass is 32.1. The Balaban J connectivity index is 1.88. The molecule has 2 heterocycles. The van der Waals surface area contributed by atoms with Gasteiger partial charge in [-0.15, -0.1) is 11.3 Å². The molecule has 0 saturated heterocycles. The van der Waals surface area contributed by atoms with Gasteiger partial charge in [-0.05, 0) is 37.8 Å². The van der Waals surface area contributed by atoms with Crippen molar-refractivity contribution in [3.05, 3.63) is 47.1 Å². The topological polar surface area (TPSA) is 37.8 Å². The Kier molecular flexibility index (Phi) is 3.20. The summed E-state index contributed by atoms with van der Waals surface area (Å²) in [6.07, 6.45) is 5.45. The molecule has 0 amide bonds. The SMILES string of the molecule is CNC1CCCc2sc(-c3nccc4ccccc34)nc21. The van der Waals surface area contributed by atoms with E-state index in [-0.39, 0.29) is 0 Å². The van der Waals surface area contributed by atoms with Gasteiger partial charge in [0, 0.05) is 16.5 Å². The molecule has 106 valence electrons. The first kappa shape index (κ1) is 12.9. The molecule has 4 heteroatoms. The third-order valence-corrected chi connectivity index (χ3v) is 5.32. The summed E-state index contributed by atoms with van der Waals surface area (Å²) in [4.78, 5) is 10.9. The fourth-order valence-corrected chi connectivity index (χ4v) is 4.27. The Morgan fingerprint density at radius 3 is 3.05 bits per heavy atom. The molecule has 2 aromatic heterocycles. The van der Waals surface area contributed by atoms with E-state index >= 15 is 0 Å². The lowest BCUT2D eigenvalue weighted by Crippen LogP contribution is -2.21. The van der Waals surface area contributed by atoms with E-state index in [1.165, 1.54) is 34.2 Å². The van der Waals surface area contributed by atoms with Gasteiger partial charge in [-0.2, -0.15) is 0 Å². The predicted molar refractivity (Wildman–Crippen MR) is 87.6 cm³/mol. The standard InChI is InChI=1S/C17H17N3S/c1-18-13-7-4-8-14-16(13)20-17(21-14)15-12-6-3-2-5-11(12)9-10-19-15/h2-3,5-6,9-10,13,18H,4,7-8H2,1H3. The van der Waals surface area contributed by atoms with Crippen LogP contribution >= 0.6 is 11.3 Å². The quantitative estimate of drug-likeness (QED) is 0.777. The van der Waals surface area contributed by atoms with Crippen LogP contribution in [0, 0.1) is 0 Å². The summed E-state index contributed by atoms with van der Waals surface area (Å²) in [5, 5.41) is 6.85. The molecule has 1 unspecified atom stereocenters. The van der Waals surface area contributed by atoms with Gasteiger partial charge >= 0.3 is 0 Å². The number of rotatable bonds is 2. The lowest BCUT2D eigenvalue weighted by Gasteiger charge is -2.19. The van der Waals surface area contributed by atoms with Crippen molar-refractivity contribution >= 4 is 22.1 Å². The highest BCUT2D eigenvalue weighted by Crippen LogP contribution is 2.38. The number of pyridine rings is 1. The van der Waals surface area contributed by atoms with Crippen molar-refractivity contribution in [3.8, 4) is 10.7 Å². The smallest absolute Gasteiger partial charge is 0.143 e. The van der Waals surface area contributed by atoms with Gasteiger partial charge in [0.15, 0.2) is 0 Å². The van der Waals surface area contributed by atoms with Gasteiger partial charge in [0.25, 0.3) is 0 Å². The average Bonchev–Trinajstić information content (AvgIpc) is 2.98. The molecule has 0 radical (unpaired) electrons. The molecule has 0 spiro atoms. The second kappa shape index (κ2) is 5.20. The van der Waals surface area contributed by atoms with Crippen molar-refractivity contribution < 1.29 is 0 Å². The average molecular weight is 295 g/mol. The first-order valence-corrected chi connectivity index (χ1v) is 8.19. The van der Waals surface area contributed by atoms with Gasteiger partial charge < -0.3 is 5.32 Å². The fraction of sp³-hybridized carbons (Fsp3) is 0.294. The number of thiazole rings is 1. The van der Waals surface area contributed by atoms with Crippen molar-refractivity contribution in [2.45, 2.75) is 25.3 Å². The Hall–Kier alpha value is -1.78. The second-order valence-electron chi connectivity index (χ2n) is 5.44. The molecule has 4 rings (SSSR count). The Morgan fingerprint density at radius 2 is 2.14 bits per heavy atom. The van der Waals surface area contributed by atoms with Crippen LogP contribution in [0.4, 0.5) is 0 Å². The number of benzene rings is 1. The van der Waals surface area contributed by atoms with E-state index in [0.29, 0.717) is 6.04 Å². The van der Waals surface area contributed by atoms with E-state index in [0.717, 1.165) is 17.1 Å². The fourth-order valence-electron chi connectivity index (χ4n) is 3.09. The molecular weight excluding hydrogens is 278 g/mol. The van der Waals surface area contributed by atoms with E-state index in [1.807, 2.05) is 24.6 Å². The molecule has 1 aromatic carbocycles. The molecule has 3 nitrogen and oxygen atoms in total. The lowest BCUT2D eigenvalue weighted by molar-refractivity contribution is 0.490. The maximum atomic E-state index is 4.92. The number of aromatic nitrogens is 2. The summed E-state index contributed by atoms with van der Waals surface area (Å²) in [6.45, 7) is 0. The maximum Gasteiger partial charge on any atom is 0.143 e.